The number of carboxylic acid groups (broad SMARTS) is 1. The normalized spacial score (nSPS) is 22.4. The van der Waals surface area contributed by atoms with E-state index in [1.54, 1.807) is 0 Å². The standard InChI is InChI=1S/C23H24N2O2/c26-22(27)23(14-16-8-2-1-3-9-16)15-25-20-13-7-6-12-19(20)24-21(25)17-10-4-5-11-18(17)23/h4-7,10-13,16H,1-3,8-9,14-15H2,(H,26,27). The monoisotopic (exact) mass is 360 g/mol. The molecule has 1 aliphatic carbocycles. The average molecular weight is 360 g/mol. The van der Waals surface area contributed by atoms with Crippen molar-refractivity contribution in [2.24, 2.45) is 5.92 Å². The van der Waals surface area contributed by atoms with E-state index >= 15 is 0 Å². The molecule has 1 unspecified atom stereocenters. The third kappa shape index (κ3) is 2.50. The summed E-state index contributed by atoms with van der Waals surface area (Å²) >= 11 is 0. The van der Waals surface area contributed by atoms with E-state index in [0.29, 0.717) is 18.9 Å². The van der Waals surface area contributed by atoms with Crippen molar-refractivity contribution in [3.05, 3.63) is 54.1 Å². The van der Waals surface area contributed by atoms with Crippen LogP contribution in [0.25, 0.3) is 22.4 Å². The number of hydrogen-bond acceptors (Lipinski definition) is 2. The average Bonchev–Trinajstić information content (AvgIpc) is 3.07. The molecule has 0 radical (unpaired) electrons. The van der Waals surface area contributed by atoms with Crippen LogP contribution in [0.4, 0.5) is 0 Å². The number of aliphatic carboxylic acids is 1. The fraction of sp³-hybridized carbons (Fsp3) is 0.391. The maximum absolute atomic E-state index is 12.7. The van der Waals surface area contributed by atoms with Crippen molar-refractivity contribution in [1.29, 1.82) is 0 Å². The summed E-state index contributed by atoms with van der Waals surface area (Å²) in [6.45, 7) is 0.464. The molecule has 1 aliphatic heterocycles. The van der Waals surface area contributed by atoms with Gasteiger partial charge < -0.3 is 9.67 Å². The molecular formula is C23H24N2O2. The van der Waals surface area contributed by atoms with Crippen LogP contribution in [0, 0.1) is 5.92 Å². The Morgan fingerprint density at radius 1 is 1.07 bits per heavy atom. The minimum atomic E-state index is -0.880. The molecule has 2 aliphatic rings. The number of benzene rings is 2. The van der Waals surface area contributed by atoms with Crippen molar-refractivity contribution < 1.29 is 9.90 Å². The third-order valence-corrected chi connectivity index (χ3v) is 6.54. The Balaban J connectivity index is 1.71. The fourth-order valence-corrected chi connectivity index (χ4v) is 5.22. The first-order valence-corrected chi connectivity index (χ1v) is 9.97. The zero-order valence-corrected chi connectivity index (χ0v) is 15.4. The van der Waals surface area contributed by atoms with Gasteiger partial charge >= 0.3 is 5.97 Å². The lowest BCUT2D eigenvalue weighted by molar-refractivity contribution is -0.145. The Morgan fingerprint density at radius 3 is 2.63 bits per heavy atom. The van der Waals surface area contributed by atoms with Gasteiger partial charge in [0.05, 0.1) is 11.0 Å². The van der Waals surface area contributed by atoms with Crippen molar-refractivity contribution in [2.75, 3.05) is 0 Å². The number of imidazole rings is 1. The molecular weight excluding hydrogens is 336 g/mol. The Kier molecular flexibility index (Phi) is 3.81. The molecule has 0 bridgehead atoms. The zero-order chi connectivity index (χ0) is 18.4. The van der Waals surface area contributed by atoms with Crippen LogP contribution in [-0.2, 0) is 16.8 Å². The molecule has 0 spiro atoms. The van der Waals surface area contributed by atoms with Gasteiger partial charge in [0.25, 0.3) is 0 Å². The van der Waals surface area contributed by atoms with Gasteiger partial charge in [0.15, 0.2) is 0 Å². The number of nitrogens with zero attached hydrogens (tertiary/aromatic N) is 2. The largest absolute Gasteiger partial charge is 0.481 e. The van der Waals surface area contributed by atoms with Crippen molar-refractivity contribution in [2.45, 2.75) is 50.5 Å². The second kappa shape index (κ2) is 6.22. The van der Waals surface area contributed by atoms with Gasteiger partial charge in [-0.05, 0) is 30.0 Å². The molecule has 0 amide bonds. The molecule has 1 fully saturated rings. The smallest absolute Gasteiger partial charge is 0.315 e. The highest BCUT2D eigenvalue weighted by Gasteiger charge is 2.47. The summed E-state index contributed by atoms with van der Waals surface area (Å²) in [5.41, 5.74) is 2.98. The Hall–Kier alpha value is -2.62. The van der Waals surface area contributed by atoms with Crippen molar-refractivity contribution in [3.8, 4) is 11.4 Å². The molecule has 1 aromatic heterocycles. The number of para-hydroxylation sites is 2. The van der Waals surface area contributed by atoms with Crippen LogP contribution in [0.5, 0.6) is 0 Å². The summed E-state index contributed by atoms with van der Waals surface area (Å²) in [5, 5.41) is 10.5. The molecule has 4 nitrogen and oxygen atoms in total. The van der Waals surface area contributed by atoms with E-state index in [-0.39, 0.29) is 0 Å². The fourth-order valence-electron chi connectivity index (χ4n) is 5.22. The number of fused-ring (bicyclic) bond motifs is 5. The predicted molar refractivity (Wildman–Crippen MR) is 106 cm³/mol. The first-order valence-electron chi connectivity index (χ1n) is 9.97. The SMILES string of the molecule is O=C(O)C1(CC2CCCCC2)Cn2c(nc3ccccc32)-c2ccccc21. The molecule has 0 saturated heterocycles. The van der Waals surface area contributed by atoms with E-state index in [2.05, 4.69) is 4.57 Å². The topological polar surface area (TPSA) is 55.1 Å². The summed E-state index contributed by atoms with van der Waals surface area (Å²) in [4.78, 5) is 17.6. The van der Waals surface area contributed by atoms with Gasteiger partial charge in [0.1, 0.15) is 11.2 Å². The highest BCUT2D eigenvalue weighted by molar-refractivity contribution is 5.89. The second-order valence-corrected chi connectivity index (χ2v) is 8.15. The summed E-state index contributed by atoms with van der Waals surface area (Å²) < 4.78 is 2.13. The molecule has 1 atom stereocenters. The van der Waals surface area contributed by atoms with Crippen LogP contribution in [0.2, 0.25) is 0 Å². The molecule has 5 rings (SSSR count). The zero-order valence-electron chi connectivity index (χ0n) is 15.4. The first kappa shape index (κ1) is 16.5. The highest BCUT2D eigenvalue weighted by Crippen LogP contribution is 2.46. The Labute approximate surface area is 158 Å². The first-order chi connectivity index (χ1) is 13.2. The van der Waals surface area contributed by atoms with E-state index in [4.69, 9.17) is 4.98 Å². The highest BCUT2D eigenvalue weighted by atomic mass is 16.4. The molecule has 3 aromatic rings. The minimum absolute atomic E-state index is 0.464. The summed E-state index contributed by atoms with van der Waals surface area (Å²) in [6, 6.07) is 16.0. The van der Waals surface area contributed by atoms with Crippen LogP contribution in [-0.4, -0.2) is 20.6 Å². The number of carboxylic acids is 1. The van der Waals surface area contributed by atoms with Gasteiger partial charge in [0.2, 0.25) is 0 Å². The van der Waals surface area contributed by atoms with Gasteiger partial charge in [-0.3, -0.25) is 4.79 Å². The molecule has 138 valence electrons. The summed E-state index contributed by atoms with van der Waals surface area (Å²) in [6.07, 6.45) is 6.74. The number of rotatable bonds is 3. The van der Waals surface area contributed by atoms with E-state index in [0.717, 1.165) is 40.8 Å². The van der Waals surface area contributed by atoms with E-state index < -0.39 is 11.4 Å². The van der Waals surface area contributed by atoms with Crippen molar-refractivity contribution in [3.63, 3.8) is 0 Å². The van der Waals surface area contributed by atoms with Crippen LogP contribution in [0.1, 0.15) is 44.1 Å². The van der Waals surface area contributed by atoms with E-state index in [1.807, 2.05) is 48.5 Å². The van der Waals surface area contributed by atoms with Crippen molar-refractivity contribution >= 4 is 17.0 Å². The maximum atomic E-state index is 12.7. The molecule has 1 saturated carbocycles. The summed E-state index contributed by atoms with van der Waals surface area (Å²) in [5.74, 6) is 0.676. The number of carbonyl (C=O) groups is 1. The van der Waals surface area contributed by atoms with Gasteiger partial charge in [-0.2, -0.15) is 0 Å². The molecule has 27 heavy (non-hydrogen) atoms. The van der Waals surface area contributed by atoms with E-state index in [1.165, 1.54) is 19.3 Å². The van der Waals surface area contributed by atoms with Gasteiger partial charge in [-0.25, -0.2) is 4.98 Å². The van der Waals surface area contributed by atoms with Crippen molar-refractivity contribution in [1.82, 2.24) is 9.55 Å². The van der Waals surface area contributed by atoms with Gasteiger partial charge in [-0.1, -0.05) is 68.5 Å². The van der Waals surface area contributed by atoms with Crippen LogP contribution >= 0.6 is 0 Å². The molecule has 4 heteroatoms. The van der Waals surface area contributed by atoms with Gasteiger partial charge in [0, 0.05) is 12.1 Å². The van der Waals surface area contributed by atoms with Crippen LogP contribution < -0.4 is 0 Å². The van der Waals surface area contributed by atoms with Gasteiger partial charge in [-0.15, -0.1) is 0 Å². The lowest BCUT2D eigenvalue weighted by atomic mass is 9.68. The number of hydrogen-bond donors (Lipinski definition) is 1. The quantitative estimate of drug-likeness (QED) is 0.714. The van der Waals surface area contributed by atoms with Crippen LogP contribution in [0.3, 0.4) is 0 Å². The van der Waals surface area contributed by atoms with Crippen LogP contribution in [0.15, 0.2) is 48.5 Å². The second-order valence-electron chi connectivity index (χ2n) is 8.15. The lowest BCUT2D eigenvalue weighted by Gasteiger charge is -2.39. The summed E-state index contributed by atoms with van der Waals surface area (Å²) in [7, 11) is 0. The Bertz CT molecular complexity index is 1020. The maximum Gasteiger partial charge on any atom is 0.315 e. The molecule has 2 aromatic carbocycles. The molecule has 1 N–H and O–H groups in total. The molecule has 2 heterocycles. The Morgan fingerprint density at radius 2 is 1.81 bits per heavy atom. The number of aromatic nitrogens is 2. The predicted octanol–water partition coefficient (Wildman–Crippen LogP) is 5.01. The minimum Gasteiger partial charge on any atom is -0.481 e. The third-order valence-electron chi connectivity index (χ3n) is 6.54. The van der Waals surface area contributed by atoms with E-state index in [9.17, 15) is 9.90 Å². The lowest BCUT2D eigenvalue weighted by Crippen LogP contribution is -2.44.